The smallest absolute Gasteiger partial charge is 0.295 e. The van der Waals surface area contributed by atoms with E-state index >= 15 is 0 Å². The monoisotopic (exact) mass is 421 g/mol. The van der Waals surface area contributed by atoms with Crippen LogP contribution in [0.15, 0.2) is 63.7 Å². The molecule has 156 valence electrons. The number of nitrogens with zero attached hydrogens (tertiary/aromatic N) is 2. The number of hydrogen-bond acceptors (Lipinski definition) is 8. The first-order chi connectivity index (χ1) is 13.2. The molecule has 0 unspecified atom stereocenters. The molecule has 0 aliphatic carbocycles. The van der Waals surface area contributed by atoms with Crippen molar-refractivity contribution in [2.24, 2.45) is 10.2 Å². The highest BCUT2D eigenvalue weighted by molar-refractivity contribution is 7.86. The zero-order valence-corrected chi connectivity index (χ0v) is 16.8. The summed E-state index contributed by atoms with van der Waals surface area (Å²) in [6.07, 6.45) is 0. The van der Waals surface area contributed by atoms with Crippen LogP contribution in [0.1, 0.15) is 12.5 Å². The molecule has 10 heteroatoms. The summed E-state index contributed by atoms with van der Waals surface area (Å²) in [5.41, 5.74) is 1.11. The number of rotatable bonds is 3. The van der Waals surface area contributed by atoms with Gasteiger partial charge in [0.15, 0.2) is 0 Å². The summed E-state index contributed by atoms with van der Waals surface area (Å²) in [6, 6.07) is 12.0. The number of aryl methyl sites for hydroxylation is 1. The molecular formula is C19H23N3O6S. The fourth-order valence-corrected chi connectivity index (χ4v) is 3.17. The molecule has 0 aliphatic rings. The first kappa shape index (κ1) is 24.0. The Morgan fingerprint density at radius 2 is 1.52 bits per heavy atom. The first-order valence-corrected chi connectivity index (χ1v) is 9.67. The van der Waals surface area contributed by atoms with Crippen LogP contribution in [0.5, 0.6) is 11.5 Å². The van der Waals surface area contributed by atoms with Gasteiger partial charge in [0.2, 0.25) is 0 Å². The average molecular weight is 421 g/mol. The zero-order chi connectivity index (χ0) is 20.9. The Bertz CT molecular complexity index is 1130. The molecule has 9 nitrogen and oxygen atoms in total. The third kappa shape index (κ3) is 5.72. The summed E-state index contributed by atoms with van der Waals surface area (Å²) in [5.74, 6) is -0.532. The summed E-state index contributed by atoms with van der Waals surface area (Å²) >= 11 is 0. The summed E-state index contributed by atoms with van der Waals surface area (Å²) in [4.78, 5) is -0.419. The van der Waals surface area contributed by atoms with Crippen molar-refractivity contribution in [3.05, 3.63) is 54.1 Å². The van der Waals surface area contributed by atoms with E-state index in [0.29, 0.717) is 5.39 Å². The van der Waals surface area contributed by atoms with Gasteiger partial charge in [0.05, 0.1) is 0 Å². The van der Waals surface area contributed by atoms with E-state index in [4.69, 9.17) is 5.11 Å². The lowest BCUT2D eigenvalue weighted by Gasteiger charge is -2.08. The SMILES string of the molecule is CCO.Cc1ccc(O)c(N=Nc2c(O)cc(S(=O)(=O)O)c3ccccc23)c1.N. The quantitative estimate of drug-likeness (QED) is 0.308. The molecule has 29 heavy (non-hydrogen) atoms. The van der Waals surface area contributed by atoms with Gasteiger partial charge in [0.25, 0.3) is 10.1 Å². The van der Waals surface area contributed by atoms with Crippen molar-refractivity contribution in [2.45, 2.75) is 18.7 Å². The maximum Gasteiger partial charge on any atom is 0.295 e. The molecule has 0 heterocycles. The van der Waals surface area contributed by atoms with E-state index in [0.717, 1.165) is 11.6 Å². The van der Waals surface area contributed by atoms with Crippen LogP contribution in [0.3, 0.4) is 0 Å². The van der Waals surface area contributed by atoms with Gasteiger partial charge < -0.3 is 21.5 Å². The van der Waals surface area contributed by atoms with Crippen LogP contribution in [0.4, 0.5) is 11.4 Å². The number of aromatic hydroxyl groups is 2. The van der Waals surface area contributed by atoms with Crippen LogP contribution in [0, 0.1) is 6.92 Å². The summed E-state index contributed by atoms with van der Waals surface area (Å²) < 4.78 is 32.4. The van der Waals surface area contributed by atoms with Gasteiger partial charge in [-0.2, -0.15) is 8.42 Å². The van der Waals surface area contributed by atoms with E-state index in [9.17, 15) is 23.2 Å². The van der Waals surface area contributed by atoms with E-state index in [-0.39, 0.29) is 35.3 Å². The lowest BCUT2D eigenvalue weighted by molar-refractivity contribution is 0.318. The topological polar surface area (TPSA) is 175 Å². The van der Waals surface area contributed by atoms with Gasteiger partial charge in [0.1, 0.15) is 27.8 Å². The van der Waals surface area contributed by atoms with Gasteiger partial charge in [-0.15, -0.1) is 10.2 Å². The number of aliphatic hydroxyl groups excluding tert-OH is 1. The largest absolute Gasteiger partial charge is 0.506 e. The molecule has 0 aliphatic heterocycles. The molecule has 0 saturated heterocycles. The van der Waals surface area contributed by atoms with E-state index in [1.54, 1.807) is 37.3 Å². The van der Waals surface area contributed by atoms with E-state index < -0.39 is 20.8 Å². The Hall–Kier alpha value is -3.05. The third-order valence-corrected chi connectivity index (χ3v) is 4.52. The number of fused-ring (bicyclic) bond motifs is 1. The molecular weight excluding hydrogens is 398 g/mol. The predicted octanol–water partition coefficient (Wildman–Crippen LogP) is 4.38. The lowest BCUT2D eigenvalue weighted by Crippen LogP contribution is -1.99. The fourth-order valence-electron chi connectivity index (χ4n) is 2.45. The van der Waals surface area contributed by atoms with Crippen molar-refractivity contribution in [3.63, 3.8) is 0 Å². The molecule has 0 atom stereocenters. The predicted molar refractivity (Wildman–Crippen MR) is 110 cm³/mol. The number of phenols is 2. The highest BCUT2D eigenvalue weighted by Gasteiger charge is 2.19. The second kappa shape index (κ2) is 9.94. The Labute approximate surface area is 168 Å². The number of hydrogen-bond donors (Lipinski definition) is 5. The summed E-state index contributed by atoms with van der Waals surface area (Å²) in [7, 11) is -4.52. The third-order valence-electron chi connectivity index (χ3n) is 3.62. The van der Waals surface area contributed by atoms with Gasteiger partial charge >= 0.3 is 0 Å². The molecule has 0 saturated carbocycles. The normalized spacial score (nSPS) is 11.0. The number of phenolic OH excluding ortho intramolecular Hbond substituents is 2. The Morgan fingerprint density at radius 3 is 2.10 bits per heavy atom. The minimum atomic E-state index is -4.52. The van der Waals surface area contributed by atoms with Crippen LogP contribution < -0.4 is 6.15 Å². The van der Waals surface area contributed by atoms with Gasteiger partial charge in [0, 0.05) is 23.4 Å². The Kier molecular flexibility index (Phi) is 8.22. The summed E-state index contributed by atoms with van der Waals surface area (Å²) in [5, 5.41) is 36.0. The van der Waals surface area contributed by atoms with Gasteiger partial charge in [-0.3, -0.25) is 4.55 Å². The molecule has 0 fully saturated rings. The number of azo groups is 1. The lowest BCUT2D eigenvalue weighted by atomic mass is 10.1. The van der Waals surface area contributed by atoms with Gasteiger partial charge in [-0.1, -0.05) is 30.3 Å². The van der Waals surface area contributed by atoms with Crippen LogP contribution >= 0.6 is 0 Å². The molecule has 7 N–H and O–H groups in total. The van der Waals surface area contributed by atoms with E-state index in [2.05, 4.69) is 10.2 Å². The highest BCUT2D eigenvalue weighted by Crippen LogP contribution is 2.40. The van der Waals surface area contributed by atoms with Crippen molar-refractivity contribution >= 4 is 32.3 Å². The van der Waals surface area contributed by atoms with Crippen LogP contribution in [0.25, 0.3) is 10.8 Å². The van der Waals surface area contributed by atoms with E-state index in [1.165, 1.54) is 12.1 Å². The standard InChI is InChI=1S/C17H14N2O5S.C2H6O.H3N/c1-10-6-7-14(20)13(8-10)18-19-17-12-5-3-2-4-11(12)16(9-15(17)21)25(22,23)24;1-2-3;/h2-9,20-21H,1H3,(H,22,23,24);3H,2H2,1H3;1H3. The summed E-state index contributed by atoms with van der Waals surface area (Å²) in [6.45, 7) is 3.76. The molecule has 3 aromatic carbocycles. The maximum absolute atomic E-state index is 11.5. The van der Waals surface area contributed by atoms with Crippen LogP contribution in [-0.2, 0) is 10.1 Å². The fraction of sp³-hybridized carbons (Fsp3) is 0.158. The maximum atomic E-state index is 11.5. The highest BCUT2D eigenvalue weighted by atomic mass is 32.2. The van der Waals surface area contributed by atoms with E-state index in [1.807, 2.05) is 6.92 Å². The molecule has 0 amide bonds. The van der Waals surface area contributed by atoms with Crippen molar-refractivity contribution in [2.75, 3.05) is 6.61 Å². The van der Waals surface area contributed by atoms with Crippen molar-refractivity contribution in [1.29, 1.82) is 0 Å². The van der Waals surface area contributed by atoms with Gasteiger partial charge in [-0.25, -0.2) is 0 Å². The first-order valence-electron chi connectivity index (χ1n) is 8.23. The molecule has 3 rings (SSSR count). The van der Waals surface area contributed by atoms with Crippen molar-refractivity contribution in [1.82, 2.24) is 6.15 Å². The molecule has 0 bridgehead atoms. The minimum absolute atomic E-state index is 0. The zero-order valence-electron chi connectivity index (χ0n) is 15.9. The molecule has 0 aromatic heterocycles. The average Bonchev–Trinajstić information content (AvgIpc) is 2.63. The molecule has 0 radical (unpaired) electrons. The Morgan fingerprint density at radius 1 is 0.931 bits per heavy atom. The van der Waals surface area contributed by atoms with Crippen molar-refractivity contribution < 1.29 is 28.3 Å². The number of benzene rings is 3. The minimum Gasteiger partial charge on any atom is -0.506 e. The van der Waals surface area contributed by atoms with Crippen molar-refractivity contribution in [3.8, 4) is 11.5 Å². The van der Waals surface area contributed by atoms with Gasteiger partial charge in [-0.05, 0) is 31.5 Å². The van der Waals surface area contributed by atoms with Crippen LogP contribution in [-0.4, -0.2) is 34.9 Å². The Balaban J connectivity index is 0.000000990. The second-order valence-corrected chi connectivity index (χ2v) is 7.16. The number of aliphatic hydroxyl groups is 1. The second-order valence-electron chi connectivity index (χ2n) is 5.77. The van der Waals surface area contributed by atoms with Crippen LogP contribution in [0.2, 0.25) is 0 Å². The molecule has 0 spiro atoms. The molecule has 3 aromatic rings.